The number of rotatable bonds is 5. The van der Waals surface area contributed by atoms with Crippen LogP contribution in [-0.4, -0.2) is 29.1 Å². The van der Waals surface area contributed by atoms with E-state index < -0.39 is 40.2 Å². The lowest BCUT2D eigenvalue weighted by atomic mass is 9.96. The molecule has 0 aliphatic rings. The van der Waals surface area contributed by atoms with Crippen LogP contribution < -0.4 is 0 Å². The minimum absolute atomic E-state index is 0.293. The summed E-state index contributed by atoms with van der Waals surface area (Å²) in [5, 5.41) is 13.8. The lowest BCUT2D eigenvalue weighted by Crippen LogP contribution is -2.08. The molecule has 0 fully saturated rings. The van der Waals surface area contributed by atoms with Crippen molar-refractivity contribution in [3.8, 4) is 51.3 Å². The van der Waals surface area contributed by atoms with Gasteiger partial charge in [0.1, 0.15) is 0 Å². The van der Waals surface area contributed by atoms with Gasteiger partial charge in [0.2, 0.25) is 5.82 Å². The molecular weight excluding hydrogens is 734 g/mol. The number of hydrogen-bond acceptors (Lipinski definition) is 5. The van der Waals surface area contributed by atoms with Crippen molar-refractivity contribution in [1.29, 1.82) is 5.26 Å². The molecule has 0 unspecified atom stereocenters. The molecule has 0 spiro atoms. The van der Waals surface area contributed by atoms with Gasteiger partial charge in [-0.1, -0.05) is 36.4 Å². The first-order valence-electron chi connectivity index (χ1n) is 17.6. The van der Waals surface area contributed by atoms with E-state index in [2.05, 4.69) is 19.9 Å². The highest BCUT2D eigenvalue weighted by molar-refractivity contribution is 6.13. The molecule has 272 valence electrons. The Hall–Kier alpha value is -7.78. The largest absolute Gasteiger partial charge is 0.307 e. The monoisotopic (exact) mass is 755 g/mol. The molecule has 6 aromatic carbocycles. The summed E-state index contributed by atoms with van der Waals surface area (Å²) in [6.45, 7) is 0. The van der Waals surface area contributed by atoms with Gasteiger partial charge in [-0.05, 0) is 72.8 Å². The second-order valence-electron chi connectivity index (χ2n) is 13.3. The summed E-state index contributed by atoms with van der Waals surface area (Å²) in [6, 6.07) is 34.6. The zero-order chi connectivity index (χ0) is 38.9. The maximum Gasteiger partial charge on any atom is 0.200 e. The predicted molar refractivity (Wildman–Crippen MR) is 207 cm³/mol. The van der Waals surface area contributed by atoms with Crippen LogP contribution in [0.2, 0.25) is 0 Å². The summed E-state index contributed by atoms with van der Waals surface area (Å²) in [5.41, 5.74) is 2.90. The fourth-order valence-electron chi connectivity index (χ4n) is 7.72. The van der Waals surface area contributed by atoms with Gasteiger partial charge in [0, 0.05) is 63.0 Å². The highest BCUT2D eigenvalue weighted by atomic mass is 19.2. The summed E-state index contributed by atoms with van der Waals surface area (Å²) >= 11 is 0. The summed E-state index contributed by atoms with van der Waals surface area (Å²) in [4.78, 5) is 17.7. The SMILES string of the molecule is N#Cc1cc(-n2c3ccccc3c3cc(-c4ncccn4)ccc32)c(-n2c3ccccc3c3cc(-c4ncccn4)ccc32)cc1-c1c(F)c(F)c(F)c(F)c1F. The van der Waals surface area contributed by atoms with E-state index in [1.807, 2.05) is 100 Å². The first kappa shape index (κ1) is 33.8. The number of nitrogens with zero attached hydrogens (tertiary/aromatic N) is 7. The van der Waals surface area contributed by atoms with Gasteiger partial charge >= 0.3 is 0 Å². The first-order chi connectivity index (χ1) is 27.8. The maximum absolute atomic E-state index is 15.7. The maximum atomic E-state index is 15.7. The quantitative estimate of drug-likeness (QED) is 0.0992. The first-order valence-corrected chi connectivity index (χ1v) is 17.6. The molecule has 0 N–H and O–H groups in total. The molecule has 7 nitrogen and oxygen atoms in total. The molecule has 10 aromatic rings. The van der Waals surface area contributed by atoms with Gasteiger partial charge < -0.3 is 9.13 Å². The van der Waals surface area contributed by atoms with E-state index in [1.165, 1.54) is 12.1 Å². The Morgan fingerprint density at radius 3 is 1.33 bits per heavy atom. The Morgan fingerprint density at radius 1 is 0.439 bits per heavy atom. The molecule has 10 rings (SSSR count). The lowest BCUT2D eigenvalue weighted by molar-refractivity contribution is 0.381. The predicted octanol–water partition coefficient (Wildman–Crippen LogP) is 11.0. The van der Waals surface area contributed by atoms with E-state index in [0.29, 0.717) is 39.6 Å². The molecule has 0 saturated carbocycles. The van der Waals surface area contributed by atoms with Gasteiger partial charge in [-0.3, -0.25) is 0 Å². The average molecular weight is 756 g/mol. The van der Waals surface area contributed by atoms with Crippen molar-refractivity contribution in [2.75, 3.05) is 0 Å². The normalized spacial score (nSPS) is 11.6. The number of para-hydroxylation sites is 2. The van der Waals surface area contributed by atoms with Crippen molar-refractivity contribution in [3.63, 3.8) is 0 Å². The Bertz CT molecular complexity index is 3290. The van der Waals surface area contributed by atoms with Crippen LogP contribution in [0.4, 0.5) is 22.0 Å². The molecule has 0 atom stereocenters. The van der Waals surface area contributed by atoms with E-state index in [1.54, 1.807) is 36.9 Å². The van der Waals surface area contributed by atoms with Crippen molar-refractivity contribution < 1.29 is 22.0 Å². The van der Waals surface area contributed by atoms with Gasteiger partial charge in [-0.25, -0.2) is 41.9 Å². The number of benzene rings is 6. The summed E-state index contributed by atoms with van der Waals surface area (Å²) in [5.74, 6) is -9.63. The van der Waals surface area contributed by atoms with Crippen molar-refractivity contribution in [1.82, 2.24) is 29.1 Å². The number of halogens is 5. The second kappa shape index (κ2) is 12.9. The molecular formula is C45H22F5N7. The van der Waals surface area contributed by atoms with E-state index in [4.69, 9.17) is 0 Å². The highest BCUT2D eigenvalue weighted by Gasteiger charge is 2.30. The van der Waals surface area contributed by atoms with E-state index >= 15 is 8.78 Å². The Labute approximate surface area is 319 Å². The van der Waals surface area contributed by atoms with Gasteiger partial charge in [-0.2, -0.15) is 5.26 Å². The third-order valence-corrected chi connectivity index (χ3v) is 10.2. The number of aromatic nitrogens is 6. The number of fused-ring (bicyclic) bond motifs is 6. The average Bonchev–Trinajstić information content (AvgIpc) is 3.77. The van der Waals surface area contributed by atoms with E-state index in [9.17, 15) is 18.4 Å². The van der Waals surface area contributed by atoms with Gasteiger partial charge in [0.05, 0.1) is 50.6 Å². The molecule has 0 radical (unpaired) electrons. The van der Waals surface area contributed by atoms with Gasteiger partial charge in [0.25, 0.3) is 0 Å². The molecule has 57 heavy (non-hydrogen) atoms. The number of hydrogen-bond donors (Lipinski definition) is 0. The Morgan fingerprint density at radius 2 is 0.860 bits per heavy atom. The summed E-state index contributed by atoms with van der Waals surface area (Å²) in [7, 11) is 0. The van der Waals surface area contributed by atoms with Crippen LogP contribution in [0.15, 0.2) is 134 Å². The van der Waals surface area contributed by atoms with Crippen LogP contribution in [0, 0.1) is 40.4 Å². The fraction of sp³-hybridized carbons (Fsp3) is 0. The molecule has 0 aliphatic heterocycles. The lowest BCUT2D eigenvalue weighted by Gasteiger charge is -2.20. The summed E-state index contributed by atoms with van der Waals surface area (Å²) < 4.78 is 79.2. The Kier molecular flexibility index (Phi) is 7.65. The van der Waals surface area contributed by atoms with E-state index in [-0.39, 0.29) is 5.56 Å². The van der Waals surface area contributed by atoms with Crippen LogP contribution in [-0.2, 0) is 0 Å². The minimum Gasteiger partial charge on any atom is -0.307 e. The molecule has 0 saturated heterocycles. The van der Waals surface area contributed by atoms with Crippen LogP contribution in [0.1, 0.15) is 5.56 Å². The third kappa shape index (κ3) is 5.09. The van der Waals surface area contributed by atoms with Crippen molar-refractivity contribution in [3.05, 3.63) is 169 Å². The molecule has 4 aromatic heterocycles. The molecule has 0 aliphatic carbocycles. The van der Waals surface area contributed by atoms with E-state index in [0.717, 1.165) is 38.2 Å². The molecule has 0 amide bonds. The topological polar surface area (TPSA) is 85.2 Å². The third-order valence-electron chi connectivity index (χ3n) is 10.2. The van der Waals surface area contributed by atoms with Crippen molar-refractivity contribution in [2.45, 2.75) is 0 Å². The zero-order valence-corrected chi connectivity index (χ0v) is 29.2. The fourth-order valence-corrected chi connectivity index (χ4v) is 7.72. The smallest absolute Gasteiger partial charge is 0.200 e. The standard InChI is InChI=1S/C45H22F5N7/c46-39-38(40(47)42(49)43(50)41(39)48)29-22-37(57-33-10-4-2-8-28(33)31-20-25(12-14-35(31)57)45-54-17-6-18-55-45)36(21-26(29)23-51)56-32-9-3-1-7-27(32)30-19-24(11-13-34(30)56)44-52-15-5-16-53-44/h1-22H. The highest BCUT2D eigenvalue weighted by Crippen LogP contribution is 2.43. The van der Waals surface area contributed by atoms with Gasteiger partial charge in [-0.15, -0.1) is 0 Å². The molecule has 0 bridgehead atoms. The van der Waals surface area contributed by atoms with Crippen LogP contribution in [0.3, 0.4) is 0 Å². The second-order valence-corrected chi connectivity index (χ2v) is 13.3. The summed E-state index contributed by atoms with van der Waals surface area (Å²) in [6.07, 6.45) is 6.58. The van der Waals surface area contributed by atoms with Crippen molar-refractivity contribution in [2.24, 2.45) is 0 Å². The van der Waals surface area contributed by atoms with Crippen LogP contribution in [0.5, 0.6) is 0 Å². The number of nitriles is 1. The van der Waals surface area contributed by atoms with Crippen molar-refractivity contribution >= 4 is 43.6 Å². The van der Waals surface area contributed by atoms with Crippen LogP contribution in [0.25, 0.3) is 88.9 Å². The van der Waals surface area contributed by atoms with Gasteiger partial charge in [0.15, 0.2) is 34.9 Å². The minimum atomic E-state index is -2.30. The molecule has 4 heterocycles. The Balaban J connectivity index is 1.35. The van der Waals surface area contributed by atoms with Crippen LogP contribution >= 0.6 is 0 Å². The molecule has 12 heteroatoms. The zero-order valence-electron chi connectivity index (χ0n) is 29.2.